The number of hydrogen-bond acceptors (Lipinski definition) is 6. The molecule has 0 spiro atoms. The fraction of sp³-hybridized carbons (Fsp3) is 0.350. The molecule has 0 saturated carbocycles. The van der Waals surface area contributed by atoms with Gasteiger partial charge in [-0.1, -0.05) is 12.1 Å². The Bertz CT molecular complexity index is 933. The van der Waals surface area contributed by atoms with Crippen molar-refractivity contribution in [2.45, 2.75) is 19.5 Å². The number of piperidine rings is 1. The summed E-state index contributed by atoms with van der Waals surface area (Å²) in [6, 6.07) is 7.34. The lowest BCUT2D eigenvalue weighted by atomic mass is 9.96. The SMILES string of the molecule is COC(=O)c1ccsc1NC(=O)C1CCCN(C(=O)c2ccccc2OC(F)F)C1. The molecule has 1 aliphatic rings. The maximum absolute atomic E-state index is 12.9. The number of para-hydroxylation sites is 1. The fourth-order valence-electron chi connectivity index (χ4n) is 3.28. The highest BCUT2D eigenvalue weighted by atomic mass is 32.1. The Morgan fingerprint density at radius 3 is 2.70 bits per heavy atom. The van der Waals surface area contributed by atoms with Crippen LogP contribution in [0, 0.1) is 5.92 Å². The Morgan fingerprint density at radius 1 is 1.20 bits per heavy atom. The molecule has 2 heterocycles. The normalized spacial score (nSPS) is 16.3. The molecule has 1 N–H and O–H groups in total. The second-order valence-corrected chi connectivity index (χ2v) is 7.53. The average molecular weight is 438 g/mol. The lowest BCUT2D eigenvalue weighted by Crippen LogP contribution is -2.44. The number of hydrogen-bond donors (Lipinski definition) is 1. The molecule has 10 heteroatoms. The number of anilines is 1. The number of methoxy groups -OCH3 is 1. The molecule has 2 amide bonds. The van der Waals surface area contributed by atoms with Crippen molar-refractivity contribution < 1.29 is 32.6 Å². The number of halogens is 2. The monoisotopic (exact) mass is 438 g/mol. The average Bonchev–Trinajstić information content (AvgIpc) is 3.21. The summed E-state index contributed by atoms with van der Waals surface area (Å²) in [6.45, 7) is -2.52. The molecule has 1 aromatic carbocycles. The van der Waals surface area contributed by atoms with Gasteiger partial charge in [-0.2, -0.15) is 8.78 Å². The van der Waals surface area contributed by atoms with Crippen molar-refractivity contribution in [1.82, 2.24) is 4.90 Å². The van der Waals surface area contributed by atoms with Crippen LogP contribution in [0.25, 0.3) is 0 Å². The number of rotatable bonds is 6. The molecule has 1 unspecified atom stereocenters. The quantitative estimate of drug-likeness (QED) is 0.697. The number of ether oxygens (including phenoxy) is 2. The van der Waals surface area contributed by atoms with Gasteiger partial charge in [0, 0.05) is 13.1 Å². The van der Waals surface area contributed by atoms with E-state index in [0.29, 0.717) is 24.4 Å². The first-order valence-electron chi connectivity index (χ1n) is 9.20. The van der Waals surface area contributed by atoms with Crippen molar-refractivity contribution in [1.29, 1.82) is 0 Å². The van der Waals surface area contributed by atoms with Gasteiger partial charge in [0.1, 0.15) is 10.8 Å². The van der Waals surface area contributed by atoms with Gasteiger partial charge in [0.2, 0.25) is 5.91 Å². The number of likely N-dealkylation sites (tertiary alicyclic amines) is 1. The number of nitrogens with one attached hydrogen (secondary N) is 1. The minimum atomic E-state index is -3.05. The van der Waals surface area contributed by atoms with Gasteiger partial charge in [-0.25, -0.2) is 4.79 Å². The van der Waals surface area contributed by atoms with Crippen molar-refractivity contribution in [3.63, 3.8) is 0 Å². The summed E-state index contributed by atoms with van der Waals surface area (Å²) >= 11 is 1.20. The third-order valence-corrected chi connectivity index (χ3v) is 5.55. The first-order chi connectivity index (χ1) is 14.4. The number of alkyl halides is 2. The summed E-state index contributed by atoms with van der Waals surface area (Å²) in [6.07, 6.45) is 1.14. The van der Waals surface area contributed by atoms with Gasteiger partial charge in [0.05, 0.1) is 24.2 Å². The zero-order valence-electron chi connectivity index (χ0n) is 16.1. The van der Waals surface area contributed by atoms with Crippen molar-refractivity contribution >= 4 is 34.1 Å². The second-order valence-electron chi connectivity index (χ2n) is 6.61. The van der Waals surface area contributed by atoms with Crippen LogP contribution in [0.5, 0.6) is 5.75 Å². The van der Waals surface area contributed by atoms with Gasteiger partial charge < -0.3 is 19.7 Å². The summed E-state index contributed by atoms with van der Waals surface area (Å²) in [7, 11) is 1.26. The van der Waals surface area contributed by atoms with Gasteiger partial charge in [0.25, 0.3) is 5.91 Å². The van der Waals surface area contributed by atoms with Crippen LogP contribution in [0.2, 0.25) is 0 Å². The van der Waals surface area contributed by atoms with Gasteiger partial charge in [-0.15, -0.1) is 11.3 Å². The first-order valence-corrected chi connectivity index (χ1v) is 10.1. The van der Waals surface area contributed by atoms with Crippen LogP contribution in [0.15, 0.2) is 35.7 Å². The predicted molar refractivity (Wildman–Crippen MR) is 106 cm³/mol. The highest BCUT2D eigenvalue weighted by molar-refractivity contribution is 7.14. The molecule has 1 aromatic heterocycles. The van der Waals surface area contributed by atoms with Crippen molar-refractivity contribution in [3.05, 3.63) is 46.8 Å². The third kappa shape index (κ3) is 4.93. The summed E-state index contributed by atoms with van der Waals surface area (Å²) in [5.74, 6) is -2.06. The van der Waals surface area contributed by atoms with E-state index in [1.165, 1.54) is 41.5 Å². The maximum Gasteiger partial charge on any atom is 0.387 e. The van der Waals surface area contributed by atoms with Gasteiger partial charge in [-0.3, -0.25) is 9.59 Å². The van der Waals surface area contributed by atoms with Crippen LogP contribution in [0.1, 0.15) is 33.6 Å². The molecule has 1 atom stereocenters. The minimum absolute atomic E-state index is 0.0186. The maximum atomic E-state index is 12.9. The van der Waals surface area contributed by atoms with Crippen LogP contribution in [-0.2, 0) is 9.53 Å². The standard InChI is InChI=1S/C20H20F2N2O5S/c1-28-19(27)14-8-10-30-17(14)23-16(25)12-5-4-9-24(11-12)18(26)13-6-2-3-7-15(13)29-20(21)22/h2-3,6-8,10,12,20H,4-5,9,11H2,1H3,(H,23,25). The summed E-state index contributed by atoms with van der Waals surface area (Å²) < 4.78 is 34.4. The van der Waals surface area contributed by atoms with Gasteiger partial charge in [-0.05, 0) is 36.4 Å². The smallest absolute Gasteiger partial charge is 0.387 e. The third-order valence-electron chi connectivity index (χ3n) is 4.72. The van der Waals surface area contributed by atoms with E-state index in [-0.39, 0.29) is 29.3 Å². The molecular weight excluding hydrogens is 418 g/mol. The largest absolute Gasteiger partial charge is 0.465 e. The van der Waals surface area contributed by atoms with Crippen LogP contribution in [0.3, 0.4) is 0 Å². The number of amides is 2. The Morgan fingerprint density at radius 2 is 1.97 bits per heavy atom. The molecule has 1 saturated heterocycles. The van der Waals surface area contributed by atoms with E-state index in [2.05, 4.69) is 10.1 Å². The number of thiophene rings is 1. The zero-order chi connectivity index (χ0) is 21.7. The van der Waals surface area contributed by atoms with Crippen LogP contribution in [0.4, 0.5) is 13.8 Å². The number of carbonyl (C=O) groups is 3. The Hall–Kier alpha value is -3.01. The Balaban J connectivity index is 1.70. The number of carbonyl (C=O) groups excluding carboxylic acids is 3. The van der Waals surface area contributed by atoms with Crippen LogP contribution >= 0.6 is 11.3 Å². The molecule has 7 nitrogen and oxygen atoms in total. The van der Waals surface area contributed by atoms with E-state index >= 15 is 0 Å². The molecule has 3 rings (SSSR count). The minimum Gasteiger partial charge on any atom is -0.465 e. The van der Waals surface area contributed by atoms with E-state index in [1.54, 1.807) is 17.5 Å². The molecule has 0 bridgehead atoms. The Kier molecular flexibility index (Phi) is 6.99. The second kappa shape index (κ2) is 9.66. The van der Waals surface area contributed by atoms with Gasteiger partial charge >= 0.3 is 12.6 Å². The van der Waals surface area contributed by atoms with E-state index in [4.69, 9.17) is 4.74 Å². The molecule has 0 radical (unpaired) electrons. The molecule has 0 aliphatic carbocycles. The molecule has 1 fully saturated rings. The topological polar surface area (TPSA) is 84.9 Å². The summed E-state index contributed by atoms with van der Waals surface area (Å²) in [5.41, 5.74) is 0.280. The molecule has 1 aliphatic heterocycles. The number of esters is 1. The van der Waals surface area contributed by atoms with E-state index < -0.39 is 24.4 Å². The first kappa shape index (κ1) is 21.7. The molecule has 2 aromatic rings. The molecule has 30 heavy (non-hydrogen) atoms. The van der Waals surface area contributed by atoms with E-state index in [0.717, 1.165) is 0 Å². The van der Waals surface area contributed by atoms with Crippen molar-refractivity contribution in [2.24, 2.45) is 5.92 Å². The predicted octanol–water partition coefficient (Wildman–Crippen LogP) is 3.63. The highest BCUT2D eigenvalue weighted by Gasteiger charge is 2.31. The van der Waals surface area contributed by atoms with Crippen LogP contribution in [-0.4, -0.2) is 49.5 Å². The lowest BCUT2D eigenvalue weighted by Gasteiger charge is -2.32. The summed E-state index contributed by atoms with van der Waals surface area (Å²) in [5, 5.41) is 4.77. The number of benzene rings is 1. The van der Waals surface area contributed by atoms with Crippen molar-refractivity contribution in [3.8, 4) is 5.75 Å². The van der Waals surface area contributed by atoms with E-state index in [1.807, 2.05) is 0 Å². The van der Waals surface area contributed by atoms with Gasteiger partial charge in [0.15, 0.2) is 0 Å². The van der Waals surface area contributed by atoms with Crippen LogP contribution < -0.4 is 10.1 Å². The fourth-order valence-corrected chi connectivity index (χ4v) is 4.06. The molecule has 160 valence electrons. The molecular formula is C20H20F2N2O5S. The van der Waals surface area contributed by atoms with Crippen molar-refractivity contribution in [2.75, 3.05) is 25.5 Å². The number of nitrogens with zero attached hydrogens (tertiary/aromatic N) is 1. The van der Waals surface area contributed by atoms with E-state index in [9.17, 15) is 23.2 Å². The zero-order valence-corrected chi connectivity index (χ0v) is 16.9. The summed E-state index contributed by atoms with van der Waals surface area (Å²) in [4.78, 5) is 38.8. The Labute approximate surface area is 175 Å². The highest BCUT2D eigenvalue weighted by Crippen LogP contribution is 2.28. The lowest BCUT2D eigenvalue weighted by molar-refractivity contribution is -0.121.